The number of hydrogen-bond acceptors (Lipinski definition) is 5. The van der Waals surface area contributed by atoms with E-state index in [9.17, 15) is 27.9 Å². The smallest absolute Gasteiger partial charge is 0.416 e. The van der Waals surface area contributed by atoms with Gasteiger partial charge in [-0.3, -0.25) is 9.59 Å². The molecule has 10 heteroatoms. The molecule has 0 aromatic heterocycles. The van der Waals surface area contributed by atoms with Crippen molar-refractivity contribution in [3.8, 4) is 11.5 Å². The van der Waals surface area contributed by atoms with Crippen molar-refractivity contribution in [3.05, 3.63) is 131 Å². The van der Waals surface area contributed by atoms with Gasteiger partial charge in [0.05, 0.1) is 5.56 Å². The molecule has 0 radical (unpaired) electrons. The van der Waals surface area contributed by atoms with E-state index in [2.05, 4.69) is 5.32 Å². The number of benzene rings is 4. The fourth-order valence-electron chi connectivity index (χ4n) is 4.10. The van der Waals surface area contributed by atoms with Gasteiger partial charge in [0.25, 0.3) is 5.91 Å². The maximum Gasteiger partial charge on any atom is 0.416 e. The summed E-state index contributed by atoms with van der Waals surface area (Å²) in [6, 6.07) is 26.4. The number of ether oxygens (including phenoxy) is 2. The van der Waals surface area contributed by atoms with Crippen LogP contribution in [-0.2, 0) is 35.4 Å². The van der Waals surface area contributed by atoms with Gasteiger partial charge >= 0.3 is 6.18 Å². The number of alkyl halides is 3. The van der Waals surface area contributed by atoms with Crippen LogP contribution in [0.1, 0.15) is 33.9 Å². The van der Waals surface area contributed by atoms with E-state index in [-0.39, 0.29) is 18.6 Å². The Hall–Kier alpha value is -4.83. The molecule has 0 saturated heterocycles. The van der Waals surface area contributed by atoms with Crippen molar-refractivity contribution in [1.82, 2.24) is 5.32 Å². The third-order valence-corrected chi connectivity index (χ3v) is 6.38. The molecule has 4 rings (SSSR count). The normalized spacial score (nSPS) is 12.7. The Morgan fingerprint density at radius 1 is 0.762 bits per heavy atom. The number of rotatable bonds is 12. The molecule has 2 atom stereocenters. The van der Waals surface area contributed by atoms with Gasteiger partial charge in [0.2, 0.25) is 5.91 Å². The molecule has 0 aliphatic carbocycles. The first kappa shape index (κ1) is 30.1. The highest BCUT2D eigenvalue weighted by atomic mass is 19.4. The summed E-state index contributed by atoms with van der Waals surface area (Å²) >= 11 is 0. The SMILES string of the molecule is NC(=O)[C@@H](Cc1ccc(OCc2ccccc2)c(OCc2ccccc2)c1)NC(=O)[C@@H](O)c1ccc(C(F)(F)F)cc1. The third-order valence-electron chi connectivity index (χ3n) is 6.38. The van der Waals surface area contributed by atoms with Crippen LogP contribution in [0.15, 0.2) is 103 Å². The molecule has 0 saturated carbocycles. The van der Waals surface area contributed by atoms with Crippen LogP contribution in [0.4, 0.5) is 13.2 Å². The Balaban J connectivity index is 1.48. The highest BCUT2D eigenvalue weighted by molar-refractivity contribution is 5.89. The topological polar surface area (TPSA) is 111 Å². The molecule has 0 aliphatic rings. The highest BCUT2D eigenvalue weighted by Crippen LogP contribution is 2.31. The van der Waals surface area contributed by atoms with Crippen LogP contribution in [0.5, 0.6) is 11.5 Å². The zero-order valence-corrected chi connectivity index (χ0v) is 22.4. The molecule has 218 valence electrons. The van der Waals surface area contributed by atoms with Crippen LogP contribution in [-0.4, -0.2) is 23.0 Å². The molecule has 0 fully saturated rings. The number of primary amides is 1. The average Bonchev–Trinajstić information content (AvgIpc) is 2.99. The summed E-state index contributed by atoms with van der Waals surface area (Å²) in [5.74, 6) is -0.969. The Morgan fingerprint density at radius 3 is 1.83 bits per heavy atom. The molecule has 0 unspecified atom stereocenters. The summed E-state index contributed by atoms with van der Waals surface area (Å²) in [5, 5.41) is 12.8. The van der Waals surface area contributed by atoms with Crippen LogP contribution in [0.2, 0.25) is 0 Å². The number of aliphatic hydroxyl groups excluding tert-OH is 1. The first-order valence-corrected chi connectivity index (χ1v) is 13.0. The Morgan fingerprint density at radius 2 is 1.31 bits per heavy atom. The summed E-state index contributed by atoms with van der Waals surface area (Å²) in [7, 11) is 0. The molecule has 0 bridgehead atoms. The Kier molecular flexibility index (Phi) is 9.82. The number of carbonyl (C=O) groups excluding carboxylic acids is 2. The van der Waals surface area contributed by atoms with Gasteiger partial charge in [-0.05, 0) is 46.5 Å². The van der Waals surface area contributed by atoms with E-state index in [4.69, 9.17) is 15.2 Å². The lowest BCUT2D eigenvalue weighted by Gasteiger charge is -2.20. The minimum atomic E-state index is -4.56. The summed E-state index contributed by atoms with van der Waals surface area (Å²) < 4.78 is 50.6. The number of amides is 2. The molecule has 42 heavy (non-hydrogen) atoms. The molecule has 4 N–H and O–H groups in total. The number of hydrogen-bond donors (Lipinski definition) is 3. The number of carbonyl (C=O) groups is 2. The molecule has 0 heterocycles. The second-order valence-electron chi connectivity index (χ2n) is 9.52. The predicted molar refractivity (Wildman–Crippen MR) is 149 cm³/mol. The average molecular weight is 579 g/mol. The van der Waals surface area contributed by atoms with Crippen molar-refractivity contribution in [2.75, 3.05) is 0 Å². The zero-order valence-electron chi connectivity index (χ0n) is 22.4. The standard InChI is InChI=1S/C32H29F3N2O5/c33-32(34,35)25-14-12-24(13-15-25)29(38)31(40)37-26(30(36)39)17-23-11-16-27(41-19-21-7-3-1-4-8-21)28(18-23)42-20-22-9-5-2-6-10-22/h1-16,18,26,29,38H,17,19-20H2,(H2,36,39)(H,37,40)/t26-,29+/m1/s1. The maximum atomic E-state index is 12.8. The van der Waals surface area contributed by atoms with Gasteiger partial charge in [0.1, 0.15) is 19.3 Å². The van der Waals surface area contributed by atoms with E-state index < -0.39 is 35.7 Å². The van der Waals surface area contributed by atoms with Gasteiger partial charge in [-0.1, -0.05) is 78.9 Å². The number of aliphatic hydroxyl groups is 1. The minimum absolute atomic E-state index is 0.0402. The Labute approximate surface area is 240 Å². The lowest BCUT2D eigenvalue weighted by molar-refractivity contribution is -0.137. The van der Waals surface area contributed by atoms with Crippen molar-refractivity contribution in [3.63, 3.8) is 0 Å². The van der Waals surface area contributed by atoms with E-state index in [0.717, 1.165) is 35.4 Å². The van der Waals surface area contributed by atoms with E-state index >= 15 is 0 Å². The largest absolute Gasteiger partial charge is 0.485 e. The van der Waals surface area contributed by atoms with Crippen LogP contribution in [0.3, 0.4) is 0 Å². The van der Waals surface area contributed by atoms with Gasteiger partial charge in [0.15, 0.2) is 17.6 Å². The van der Waals surface area contributed by atoms with E-state index in [1.165, 1.54) is 0 Å². The van der Waals surface area contributed by atoms with Crippen LogP contribution >= 0.6 is 0 Å². The second-order valence-corrected chi connectivity index (χ2v) is 9.52. The van der Waals surface area contributed by atoms with Crippen molar-refractivity contribution in [2.45, 2.75) is 38.0 Å². The zero-order chi connectivity index (χ0) is 30.1. The van der Waals surface area contributed by atoms with Gasteiger partial charge < -0.3 is 25.6 Å². The van der Waals surface area contributed by atoms with E-state index in [0.29, 0.717) is 23.7 Å². The molecule has 0 aliphatic heterocycles. The lowest BCUT2D eigenvalue weighted by atomic mass is 10.0. The van der Waals surface area contributed by atoms with Crippen LogP contribution in [0, 0.1) is 0 Å². The monoisotopic (exact) mass is 578 g/mol. The van der Waals surface area contributed by atoms with Gasteiger partial charge in [0, 0.05) is 6.42 Å². The molecule has 4 aromatic carbocycles. The van der Waals surface area contributed by atoms with Crippen LogP contribution < -0.4 is 20.5 Å². The van der Waals surface area contributed by atoms with Crippen molar-refractivity contribution >= 4 is 11.8 Å². The second kappa shape index (κ2) is 13.7. The van der Waals surface area contributed by atoms with Gasteiger partial charge in [-0.25, -0.2) is 0 Å². The van der Waals surface area contributed by atoms with Gasteiger partial charge in [-0.2, -0.15) is 13.2 Å². The maximum absolute atomic E-state index is 12.8. The molecule has 2 amide bonds. The summed E-state index contributed by atoms with van der Waals surface area (Å²) in [5.41, 5.74) is 7.01. The third kappa shape index (κ3) is 8.34. The predicted octanol–water partition coefficient (Wildman–Crippen LogP) is 5.11. The van der Waals surface area contributed by atoms with E-state index in [1.807, 2.05) is 60.7 Å². The van der Waals surface area contributed by atoms with Gasteiger partial charge in [-0.15, -0.1) is 0 Å². The number of nitrogens with one attached hydrogen (secondary N) is 1. The lowest BCUT2D eigenvalue weighted by Crippen LogP contribution is -2.47. The molecule has 4 aromatic rings. The minimum Gasteiger partial charge on any atom is -0.485 e. The number of nitrogens with two attached hydrogens (primary N) is 1. The van der Waals surface area contributed by atoms with Crippen molar-refractivity contribution < 1.29 is 37.3 Å². The first-order valence-electron chi connectivity index (χ1n) is 13.0. The first-order chi connectivity index (χ1) is 20.1. The number of halogens is 3. The quantitative estimate of drug-likeness (QED) is 0.216. The fraction of sp³-hybridized carbons (Fsp3) is 0.188. The summed E-state index contributed by atoms with van der Waals surface area (Å²) in [6.07, 6.45) is -6.41. The molecule has 7 nitrogen and oxygen atoms in total. The highest BCUT2D eigenvalue weighted by Gasteiger charge is 2.31. The summed E-state index contributed by atoms with van der Waals surface area (Å²) in [4.78, 5) is 24.9. The fourth-order valence-corrected chi connectivity index (χ4v) is 4.10. The van der Waals surface area contributed by atoms with Crippen LogP contribution in [0.25, 0.3) is 0 Å². The Bertz CT molecular complexity index is 1480. The molecular weight excluding hydrogens is 549 g/mol. The van der Waals surface area contributed by atoms with Crippen molar-refractivity contribution in [2.24, 2.45) is 5.73 Å². The molecule has 0 spiro atoms. The summed E-state index contributed by atoms with van der Waals surface area (Å²) in [6.45, 7) is 0.547. The molecular formula is C32H29F3N2O5. The van der Waals surface area contributed by atoms with Crippen molar-refractivity contribution in [1.29, 1.82) is 0 Å². The van der Waals surface area contributed by atoms with E-state index in [1.54, 1.807) is 18.2 Å².